The van der Waals surface area contributed by atoms with Crippen molar-refractivity contribution in [2.45, 2.75) is 10.6 Å². The van der Waals surface area contributed by atoms with Crippen LogP contribution in [0, 0.1) is 5.82 Å². The summed E-state index contributed by atoms with van der Waals surface area (Å²) in [6, 6.07) is 7.87. The van der Waals surface area contributed by atoms with E-state index in [1.165, 1.54) is 30.0 Å². The van der Waals surface area contributed by atoms with Gasteiger partial charge in [0.15, 0.2) is 0 Å². The van der Waals surface area contributed by atoms with Crippen molar-refractivity contribution in [1.29, 1.82) is 0 Å². The molecule has 0 spiro atoms. The van der Waals surface area contributed by atoms with E-state index >= 15 is 0 Å². The van der Waals surface area contributed by atoms with Gasteiger partial charge in [0, 0.05) is 28.6 Å². The Morgan fingerprint density at radius 2 is 2.05 bits per heavy atom. The molecule has 1 aromatic heterocycles. The maximum Gasteiger partial charge on any atom is 0.265 e. The lowest BCUT2D eigenvalue weighted by Gasteiger charge is -2.06. The van der Waals surface area contributed by atoms with E-state index in [0.717, 1.165) is 4.90 Å². The summed E-state index contributed by atoms with van der Waals surface area (Å²) in [5, 5.41) is 0. The standard InChI is InChI=1S/C13H12FN3OS/c14-12-2-1-9(13(18)17-15)7-10(12)8-19-11-3-5-16-6-4-11/h1-7H,8,15H2,(H,17,18). The third-order valence-electron chi connectivity index (χ3n) is 2.48. The second kappa shape index (κ2) is 6.31. The summed E-state index contributed by atoms with van der Waals surface area (Å²) in [6.45, 7) is 0. The van der Waals surface area contributed by atoms with Crippen LogP contribution in [0.1, 0.15) is 15.9 Å². The first kappa shape index (κ1) is 13.5. The predicted molar refractivity (Wildman–Crippen MR) is 71.9 cm³/mol. The van der Waals surface area contributed by atoms with Gasteiger partial charge in [-0.2, -0.15) is 0 Å². The number of halogens is 1. The molecule has 1 amide bonds. The number of pyridine rings is 1. The van der Waals surface area contributed by atoms with Crippen molar-refractivity contribution in [2.75, 3.05) is 0 Å². The summed E-state index contributed by atoms with van der Waals surface area (Å²) in [7, 11) is 0. The van der Waals surface area contributed by atoms with Gasteiger partial charge in [-0.05, 0) is 35.9 Å². The van der Waals surface area contributed by atoms with Crippen LogP contribution >= 0.6 is 11.8 Å². The van der Waals surface area contributed by atoms with E-state index in [0.29, 0.717) is 16.9 Å². The molecule has 19 heavy (non-hydrogen) atoms. The monoisotopic (exact) mass is 277 g/mol. The summed E-state index contributed by atoms with van der Waals surface area (Å²) in [6.07, 6.45) is 3.36. The molecular weight excluding hydrogens is 265 g/mol. The summed E-state index contributed by atoms with van der Waals surface area (Å²) < 4.78 is 13.7. The second-order valence-electron chi connectivity index (χ2n) is 3.75. The number of hydrogen-bond donors (Lipinski definition) is 2. The Kier molecular flexibility index (Phi) is 4.48. The van der Waals surface area contributed by atoms with Gasteiger partial charge in [0.05, 0.1) is 0 Å². The molecule has 0 aliphatic rings. The number of hydrazine groups is 1. The minimum atomic E-state index is -0.435. The molecule has 0 fully saturated rings. The van der Waals surface area contributed by atoms with Crippen LogP contribution < -0.4 is 11.3 Å². The fraction of sp³-hybridized carbons (Fsp3) is 0.0769. The molecule has 2 aromatic rings. The van der Waals surface area contributed by atoms with Crippen LogP contribution in [0.4, 0.5) is 4.39 Å². The first-order valence-electron chi connectivity index (χ1n) is 5.53. The number of nitrogens with one attached hydrogen (secondary N) is 1. The Hall–Kier alpha value is -1.92. The second-order valence-corrected chi connectivity index (χ2v) is 4.80. The van der Waals surface area contributed by atoms with E-state index in [4.69, 9.17) is 5.84 Å². The minimum absolute atomic E-state index is 0.338. The average molecular weight is 277 g/mol. The summed E-state index contributed by atoms with van der Waals surface area (Å²) in [5.41, 5.74) is 2.83. The van der Waals surface area contributed by atoms with Crippen molar-refractivity contribution >= 4 is 17.7 Å². The third-order valence-corrected chi connectivity index (χ3v) is 3.54. The molecule has 0 bridgehead atoms. The molecule has 1 heterocycles. The van der Waals surface area contributed by atoms with Crippen molar-refractivity contribution in [3.63, 3.8) is 0 Å². The Morgan fingerprint density at radius 3 is 2.74 bits per heavy atom. The smallest absolute Gasteiger partial charge is 0.265 e. The first-order chi connectivity index (χ1) is 9.20. The van der Waals surface area contributed by atoms with Crippen LogP contribution in [0.3, 0.4) is 0 Å². The van der Waals surface area contributed by atoms with Gasteiger partial charge < -0.3 is 0 Å². The van der Waals surface area contributed by atoms with E-state index in [1.807, 2.05) is 17.6 Å². The SMILES string of the molecule is NNC(=O)c1ccc(F)c(CSc2ccncc2)c1. The quantitative estimate of drug-likeness (QED) is 0.389. The van der Waals surface area contributed by atoms with Gasteiger partial charge in [0.25, 0.3) is 5.91 Å². The maximum absolute atomic E-state index is 13.7. The van der Waals surface area contributed by atoms with Crippen LogP contribution in [-0.2, 0) is 5.75 Å². The molecule has 0 atom stereocenters. The lowest BCUT2D eigenvalue weighted by Crippen LogP contribution is -2.30. The van der Waals surface area contributed by atoms with Gasteiger partial charge in [-0.25, -0.2) is 10.2 Å². The molecular formula is C13H12FN3OS. The molecule has 0 aliphatic carbocycles. The fourth-order valence-corrected chi connectivity index (χ4v) is 2.36. The van der Waals surface area contributed by atoms with E-state index in [-0.39, 0.29) is 5.82 Å². The summed E-state index contributed by atoms with van der Waals surface area (Å²) >= 11 is 1.47. The Morgan fingerprint density at radius 1 is 1.32 bits per heavy atom. The number of aromatic nitrogens is 1. The van der Waals surface area contributed by atoms with Crippen molar-refractivity contribution in [3.05, 3.63) is 59.7 Å². The zero-order valence-electron chi connectivity index (χ0n) is 9.97. The summed E-state index contributed by atoms with van der Waals surface area (Å²) in [4.78, 5) is 16.3. The Labute approximate surface area is 114 Å². The zero-order chi connectivity index (χ0) is 13.7. The van der Waals surface area contributed by atoms with Crippen LogP contribution in [0.5, 0.6) is 0 Å². The number of amides is 1. The van der Waals surface area contributed by atoms with Gasteiger partial charge >= 0.3 is 0 Å². The number of carbonyl (C=O) groups excluding carboxylic acids is 1. The number of carbonyl (C=O) groups is 1. The first-order valence-corrected chi connectivity index (χ1v) is 6.51. The largest absolute Gasteiger partial charge is 0.290 e. The summed E-state index contributed by atoms with van der Waals surface area (Å²) in [5.74, 6) is 4.71. The lowest BCUT2D eigenvalue weighted by molar-refractivity contribution is 0.0953. The normalized spacial score (nSPS) is 10.2. The minimum Gasteiger partial charge on any atom is -0.290 e. The van der Waals surface area contributed by atoms with E-state index in [1.54, 1.807) is 12.4 Å². The van der Waals surface area contributed by atoms with Crippen LogP contribution in [0.15, 0.2) is 47.6 Å². The highest BCUT2D eigenvalue weighted by molar-refractivity contribution is 7.98. The number of hydrogen-bond acceptors (Lipinski definition) is 4. The molecule has 0 radical (unpaired) electrons. The van der Waals surface area contributed by atoms with Crippen LogP contribution in [0.25, 0.3) is 0 Å². The van der Waals surface area contributed by atoms with Crippen molar-refractivity contribution in [2.24, 2.45) is 5.84 Å². The van der Waals surface area contributed by atoms with Gasteiger partial charge in [0.2, 0.25) is 0 Å². The Balaban J connectivity index is 2.13. The molecule has 0 aliphatic heterocycles. The van der Waals surface area contributed by atoms with Gasteiger partial charge in [0.1, 0.15) is 5.82 Å². The van der Waals surface area contributed by atoms with Gasteiger partial charge in [-0.15, -0.1) is 11.8 Å². The fourth-order valence-electron chi connectivity index (χ4n) is 1.51. The van der Waals surface area contributed by atoms with E-state index in [2.05, 4.69) is 4.98 Å². The molecule has 4 nitrogen and oxygen atoms in total. The average Bonchev–Trinajstić information content (AvgIpc) is 2.46. The Bertz CT molecular complexity index is 577. The van der Waals surface area contributed by atoms with Crippen LogP contribution in [0.2, 0.25) is 0 Å². The molecule has 6 heteroatoms. The van der Waals surface area contributed by atoms with Gasteiger partial charge in [-0.3, -0.25) is 15.2 Å². The molecule has 0 saturated heterocycles. The number of nitrogen functional groups attached to an aromatic ring is 1. The molecule has 98 valence electrons. The third kappa shape index (κ3) is 3.52. The number of thioether (sulfide) groups is 1. The lowest BCUT2D eigenvalue weighted by atomic mass is 10.1. The van der Waals surface area contributed by atoms with Crippen molar-refractivity contribution in [1.82, 2.24) is 10.4 Å². The van der Waals surface area contributed by atoms with E-state index in [9.17, 15) is 9.18 Å². The molecule has 2 rings (SSSR count). The molecule has 1 aromatic carbocycles. The van der Waals surface area contributed by atoms with Crippen LogP contribution in [-0.4, -0.2) is 10.9 Å². The number of nitrogens with zero attached hydrogens (tertiary/aromatic N) is 1. The number of rotatable bonds is 4. The van der Waals surface area contributed by atoms with Crippen molar-refractivity contribution in [3.8, 4) is 0 Å². The zero-order valence-corrected chi connectivity index (χ0v) is 10.8. The highest BCUT2D eigenvalue weighted by Crippen LogP contribution is 2.24. The number of benzene rings is 1. The van der Waals surface area contributed by atoms with E-state index < -0.39 is 5.91 Å². The highest BCUT2D eigenvalue weighted by atomic mass is 32.2. The predicted octanol–water partition coefficient (Wildman–Crippen LogP) is 2.12. The van der Waals surface area contributed by atoms with Gasteiger partial charge in [-0.1, -0.05) is 0 Å². The number of nitrogens with two attached hydrogens (primary N) is 1. The maximum atomic E-state index is 13.7. The molecule has 0 saturated carbocycles. The molecule has 0 unspecified atom stereocenters. The highest BCUT2D eigenvalue weighted by Gasteiger charge is 2.09. The molecule has 3 N–H and O–H groups in total. The van der Waals surface area contributed by atoms with Crippen molar-refractivity contribution < 1.29 is 9.18 Å². The topological polar surface area (TPSA) is 68.0 Å².